The van der Waals surface area contributed by atoms with Gasteiger partial charge in [0.05, 0.1) is 16.7 Å². The molecule has 26 heavy (non-hydrogen) atoms. The molecule has 1 aromatic heterocycles. The largest absolute Gasteiger partial charge is 0.355 e. The van der Waals surface area contributed by atoms with E-state index in [4.69, 9.17) is 33.7 Å². The summed E-state index contributed by atoms with van der Waals surface area (Å²) >= 11 is 11.8. The zero-order chi connectivity index (χ0) is 18.9. The first-order chi connectivity index (χ1) is 12.3. The zero-order valence-corrected chi connectivity index (χ0v) is 15.2. The number of carbonyl (C=O) groups excluding carboxylic acids is 1. The minimum Gasteiger partial charge on any atom is -0.355 e. The Morgan fingerprint density at radius 1 is 1.42 bits per heavy atom. The Morgan fingerprint density at radius 2 is 2.19 bits per heavy atom. The number of halogens is 3. The van der Waals surface area contributed by atoms with E-state index in [0.717, 1.165) is 0 Å². The number of amides is 1. The van der Waals surface area contributed by atoms with Crippen molar-refractivity contribution in [1.29, 1.82) is 0 Å². The Labute approximate surface area is 159 Å². The Bertz CT molecular complexity index is 893. The molecule has 6 nitrogen and oxygen atoms in total. The standard InChI is InChI=1S/C17H15Cl2FN4O2/c1-17(16(21)26-5-4-23-17)11-7-10(2-3-13(11)20)24-15(25)14-12(19)6-9(18)8-22-14/h2-4,6-8,16H,5,21H2,1H3,(H,24,25)/t16-,17+/m0/s1. The average Bonchev–Trinajstić information content (AvgIpc) is 2.59. The highest BCUT2D eigenvalue weighted by Crippen LogP contribution is 2.34. The number of nitrogens with zero attached hydrogens (tertiary/aromatic N) is 2. The van der Waals surface area contributed by atoms with Crippen LogP contribution in [0.5, 0.6) is 0 Å². The fourth-order valence-corrected chi connectivity index (χ4v) is 3.06. The second kappa shape index (κ2) is 7.28. The van der Waals surface area contributed by atoms with Crippen molar-refractivity contribution in [3.05, 3.63) is 57.6 Å². The van der Waals surface area contributed by atoms with Gasteiger partial charge in [-0.25, -0.2) is 9.37 Å². The van der Waals surface area contributed by atoms with Crippen molar-refractivity contribution in [2.45, 2.75) is 18.7 Å². The molecule has 0 saturated carbocycles. The summed E-state index contributed by atoms with van der Waals surface area (Å²) in [4.78, 5) is 20.6. The van der Waals surface area contributed by atoms with Crippen LogP contribution in [0.2, 0.25) is 10.0 Å². The lowest BCUT2D eigenvalue weighted by atomic mass is 9.89. The fourth-order valence-electron chi connectivity index (χ4n) is 2.59. The molecule has 3 rings (SSSR count). The predicted octanol–water partition coefficient (Wildman–Crippen LogP) is 3.38. The summed E-state index contributed by atoms with van der Waals surface area (Å²) in [5.41, 5.74) is 5.40. The molecule has 1 aliphatic rings. The van der Waals surface area contributed by atoms with E-state index in [1.165, 1.54) is 36.7 Å². The molecule has 0 unspecified atom stereocenters. The van der Waals surface area contributed by atoms with Crippen molar-refractivity contribution >= 4 is 41.0 Å². The molecule has 2 heterocycles. The summed E-state index contributed by atoms with van der Waals surface area (Å²) < 4.78 is 19.8. The van der Waals surface area contributed by atoms with E-state index in [2.05, 4.69) is 15.3 Å². The van der Waals surface area contributed by atoms with Gasteiger partial charge in [0.1, 0.15) is 23.3 Å². The molecule has 1 amide bonds. The van der Waals surface area contributed by atoms with Gasteiger partial charge in [-0.1, -0.05) is 23.2 Å². The normalized spacial score (nSPS) is 22.3. The summed E-state index contributed by atoms with van der Waals surface area (Å²) in [7, 11) is 0. The van der Waals surface area contributed by atoms with Gasteiger partial charge in [0, 0.05) is 23.7 Å². The number of anilines is 1. The highest BCUT2D eigenvalue weighted by Gasteiger charge is 2.38. The lowest BCUT2D eigenvalue weighted by Gasteiger charge is -2.34. The van der Waals surface area contributed by atoms with Crippen molar-refractivity contribution in [3.8, 4) is 0 Å². The number of ether oxygens (including phenoxy) is 1. The average molecular weight is 397 g/mol. The number of rotatable bonds is 3. The maximum atomic E-state index is 14.4. The van der Waals surface area contributed by atoms with Crippen molar-refractivity contribution in [1.82, 2.24) is 4.98 Å². The van der Waals surface area contributed by atoms with Crippen molar-refractivity contribution in [2.24, 2.45) is 10.7 Å². The van der Waals surface area contributed by atoms with Crippen LogP contribution < -0.4 is 11.1 Å². The first kappa shape index (κ1) is 18.7. The van der Waals surface area contributed by atoms with Gasteiger partial charge in [-0.3, -0.25) is 9.79 Å². The number of benzene rings is 1. The summed E-state index contributed by atoms with van der Waals surface area (Å²) in [5.74, 6) is -1.06. The molecule has 0 fully saturated rings. The van der Waals surface area contributed by atoms with Gasteiger partial charge in [0.15, 0.2) is 0 Å². The second-order valence-corrected chi connectivity index (χ2v) is 6.69. The molecule has 9 heteroatoms. The van der Waals surface area contributed by atoms with Crippen molar-refractivity contribution in [3.63, 3.8) is 0 Å². The van der Waals surface area contributed by atoms with Crippen LogP contribution in [0.15, 0.2) is 35.5 Å². The van der Waals surface area contributed by atoms with Gasteiger partial charge in [0.25, 0.3) is 5.91 Å². The van der Waals surface area contributed by atoms with Gasteiger partial charge in [-0.2, -0.15) is 0 Å². The Balaban J connectivity index is 1.91. The van der Waals surface area contributed by atoms with Crippen LogP contribution in [-0.4, -0.2) is 29.9 Å². The fraction of sp³-hybridized carbons (Fsp3) is 0.235. The van der Waals surface area contributed by atoms with E-state index >= 15 is 0 Å². The minimum atomic E-state index is -1.11. The van der Waals surface area contributed by atoms with Gasteiger partial charge >= 0.3 is 0 Å². The smallest absolute Gasteiger partial charge is 0.275 e. The molecule has 0 saturated heterocycles. The Hall–Kier alpha value is -2.06. The molecule has 2 aromatic rings. The summed E-state index contributed by atoms with van der Waals surface area (Å²) in [6.07, 6.45) is 2.03. The highest BCUT2D eigenvalue weighted by atomic mass is 35.5. The number of aliphatic imine (C=N–C) groups is 1. The second-order valence-electron chi connectivity index (χ2n) is 5.85. The molecule has 0 radical (unpaired) electrons. The maximum Gasteiger partial charge on any atom is 0.275 e. The summed E-state index contributed by atoms with van der Waals surface area (Å²) in [6.45, 7) is 1.92. The zero-order valence-electron chi connectivity index (χ0n) is 13.7. The van der Waals surface area contributed by atoms with Crippen LogP contribution in [0, 0.1) is 5.82 Å². The highest BCUT2D eigenvalue weighted by molar-refractivity contribution is 6.36. The van der Waals surface area contributed by atoms with E-state index in [0.29, 0.717) is 10.7 Å². The van der Waals surface area contributed by atoms with Crippen LogP contribution in [0.3, 0.4) is 0 Å². The topological polar surface area (TPSA) is 89.6 Å². The molecule has 136 valence electrons. The predicted molar refractivity (Wildman–Crippen MR) is 98.4 cm³/mol. The SMILES string of the molecule is C[C@]1(c2cc(NC(=O)c3ncc(Cl)cc3Cl)ccc2F)N=CCO[C@@H]1N. The van der Waals surface area contributed by atoms with Gasteiger partial charge in [0.2, 0.25) is 0 Å². The van der Waals surface area contributed by atoms with Crippen LogP contribution in [0.1, 0.15) is 23.0 Å². The molecule has 3 N–H and O–H groups in total. The number of carbonyl (C=O) groups is 1. The molecule has 1 aromatic carbocycles. The Kier molecular flexibility index (Phi) is 5.24. The van der Waals surface area contributed by atoms with Gasteiger partial charge in [-0.05, 0) is 31.2 Å². The van der Waals surface area contributed by atoms with Crippen LogP contribution >= 0.6 is 23.2 Å². The number of aromatic nitrogens is 1. The quantitative estimate of drug-likeness (QED) is 0.831. The molecule has 0 bridgehead atoms. The Morgan fingerprint density at radius 3 is 2.88 bits per heavy atom. The lowest BCUT2D eigenvalue weighted by molar-refractivity contribution is 0.0191. The van der Waals surface area contributed by atoms with E-state index in [-0.39, 0.29) is 22.9 Å². The number of hydrogen-bond acceptors (Lipinski definition) is 5. The molecule has 2 atom stereocenters. The van der Waals surface area contributed by atoms with Crippen LogP contribution in [0.25, 0.3) is 0 Å². The first-order valence-electron chi connectivity index (χ1n) is 7.64. The first-order valence-corrected chi connectivity index (χ1v) is 8.40. The van der Waals surface area contributed by atoms with Crippen molar-refractivity contribution < 1.29 is 13.9 Å². The summed E-state index contributed by atoms with van der Waals surface area (Å²) in [6, 6.07) is 5.52. The third-order valence-corrected chi connectivity index (χ3v) is 4.55. The lowest BCUT2D eigenvalue weighted by Crippen LogP contribution is -2.47. The van der Waals surface area contributed by atoms with Crippen LogP contribution in [-0.2, 0) is 10.3 Å². The minimum absolute atomic E-state index is 0.00359. The van der Waals surface area contributed by atoms with E-state index in [9.17, 15) is 9.18 Å². The summed E-state index contributed by atoms with van der Waals surface area (Å²) in [5, 5.41) is 3.05. The monoisotopic (exact) mass is 396 g/mol. The van der Waals surface area contributed by atoms with E-state index < -0.39 is 23.5 Å². The van der Waals surface area contributed by atoms with E-state index in [1.807, 2.05) is 0 Å². The molecular weight excluding hydrogens is 382 g/mol. The molecule has 1 aliphatic heterocycles. The maximum absolute atomic E-state index is 14.4. The number of hydrogen-bond donors (Lipinski definition) is 2. The molecule has 0 aliphatic carbocycles. The van der Waals surface area contributed by atoms with Gasteiger partial charge < -0.3 is 15.8 Å². The molecule has 0 spiro atoms. The van der Waals surface area contributed by atoms with E-state index in [1.54, 1.807) is 6.92 Å². The molecular formula is C17H15Cl2FN4O2. The van der Waals surface area contributed by atoms with Crippen LogP contribution in [0.4, 0.5) is 10.1 Å². The third kappa shape index (κ3) is 3.57. The van der Waals surface area contributed by atoms with Gasteiger partial charge in [-0.15, -0.1) is 0 Å². The third-order valence-electron chi connectivity index (χ3n) is 4.06. The van der Waals surface area contributed by atoms with Crippen molar-refractivity contribution in [2.75, 3.05) is 11.9 Å². The number of nitrogens with two attached hydrogens (primary N) is 1. The number of nitrogens with one attached hydrogen (secondary N) is 1. The number of pyridine rings is 1.